The Morgan fingerprint density at radius 2 is 1.94 bits per heavy atom. The Balaban J connectivity index is 1.99. The molecule has 0 aromatic carbocycles. The molecule has 0 saturated carbocycles. The quantitative estimate of drug-likeness (QED) is 0.727. The fourth-order valence-electron chi connectivity index (χ4n) is 2.29. The number of fused-ring (bicyclic) bond motifs is 1. The maximum atomic E-state index is 4.52. The van der Waals surface area contributed by atoms with Crippen LogP contribution in [0.25, 0.3) is 5.52 Å². The largest absolute Gasteiger partial charge is 0.352 e. The normalized spacial score (nSPS) is 17.9. The van der Waals surface area contributed by atoms with Gasteiger partial charge >= 0.3 is 0 Å². The minimum Gasteiger partial charge on any atom is -0.352 e. The van der Waals surface area contributed by atoms with Crippen molar-refractivity contribution in [1.82, 2.24) is 19.5 Å². The number of rotatable bonds is 1. The minimum absolute atomic E-state index is 1.04. The zero-order valence-corrected chi connectivity index (χ0v) is 10.3. The second-order valence-corrected chi connectivity index (χ2v) is 4.66. The lowest BCUT2D eigenvalue weighted by molar-refractivity contribution is 0.312. The van der Waals surface area contributed by atoms with Crippen LogP contribution in [0.15, 0.2) is 18.5 Å². The molecule has 2 aromatic rings. The standard InChI is InChI=1S/C12H17N5/c1-10-9-11-12(13-3-4-17(11)14-10)16-7-5-15(2)6-8-16/h3-4,9H,5-8H2,1-2H3. The smallest absolute Gasteiger partial charge is 0.154 e. The number of hydrogen-bond donors (Lipinski definition) is 0. The van der Waals surface area contributed by atoms with Crippen molar-refractivity contribution in [2.24, 2.45) is 0 Å². The average Bonchev–Trinajstić information content (AvgIpc) is 2.70. The van der Waals surface area contributed by atoms with Crippen molar-refractivity contribution in [2.75, 3.05) is 38.1 Å². The van der Waals surface area contributed by atoms with Crippen LogP contribution in [-0.4, -0.2) is 52.7 Å². The van der Waals surface area contributed by atoms with Crippen LogP contribution in [-0.2, 0) is 0 Å². The first-order chi connectivity index (χ1) is 8.24. The van der Waals surface area contributed by atoms with E-state index in [1.165, 1.54) is 0 Å². The van der Waals surface area contributed by atoms with Crippen molar-refractivity contribution < 1.29 is 0 Å². The van der Waals surface area contributed by atoms with Gasteiger partial charge in [-0.2, -0.15) is 5.10 Å². The molecule has 3 heterocycles. The number of aryl methyl sites for hydroxylation is 1. The summed E-state index contributed by atoms with van der Waals surface area (Å²) in [6, 6.07) is 2.10. The van der Waals surface area contributed by atoms with E-state index in [-0.39, 0.29) is 0 Å². The molecule has 90 valence electrons. The highest BCUT2D eigenvalue weighted by Crippen LogP contribution is 2.20. The van der Waals surface area contributed by atoms with Gasteiger partial charge in [0.05, 0.1) is 5.69 Å². The summed E-state index contributed by atoms with van der Waals surface area (Å²) in [5, 5.41) is 4.42. The van der Waals surface area contributed by atoms with E-state index in [2.05, 4.69) is 33.0 Å². The highest BCUT2D eigenvalue weighted by Gasteiger charge is 2.18. The predicted molar refractivity (Wildman–Crippen MR) is 67.4 cm³/mol. The second kappa shape index (κ2) is 4.00. The first kappa shape index (κ1) is 10.5. The molecule has 5 nitrogen and oxygen atoms in total. The first-order valence-corrected chi connectivity index (χ1v) is 5.98. The molecule has 0 unspecified atom stereocenters. The van der Waals surface area contributed by atoms with Crippen LogP contribution < -0.4 is 4.90 Å². The second-order valence-electron chi connectivity index (χ2n) is 4.66. The summed E-state index contributed by atoms with van der Waals surface area (Å²) in [5.74, 6) is 1.06. The third kappa shape index (κ3) is 1.86. The van der Waals surface area contributed by atoms with Crippen molar-refractivity contribution >= 4 is 11.3 Å². The van der Waals surface area contributed by atoms with E-state index in [1.807, 2.05) is 23.8 Å². The van der Waals surface area contributed by atoms with Gasteiger partial charge in [-0.15, -0.1) is 0 Å². The molecule has 0 aliphatic carbocycles. The maximum absolute atomic E-state index is 4.52. The Morgan fingerprint density at radius 1 is 1.18 bits per heavy atom. The van der Waals surface area contributed by atoms with Crippen LogP contribution in [0.4, 0.5) is 5.82 Å². The van der Waals surface area contributed by atoms with Gasteiger partial charge in [-0.05, 0) is 20.0 Å². The van der Waals surface area contributed by atoms with Crippen LogP contribution in [0, 0.1) is 6.92 Å². The summed E-state index contributed by atoms with van der Waals surface area (Å²) in [4.78, 5) is 9.20. The van der Waals surface area contributed by atoms with Gasteiger partial charge in [0.2, 0.25) is 0 Å². The van der Waals surface area contributed by atoms with Gasteiger partial charge in [0.25, 0.3) is 0 Å². The fourth-order valence-corrected chi connectivity index (χ4v) is 2.29. The minimum atomic E-state index is 1.04. The fraction of sp³-hybridized carbons (Fsp3) is 0.500. The van der Waals surface area contributed by atoms with Crippen molar-refractivity contribution in [3.8, 4) is 0 Å². The lowest BCUT2D eigenvalue weighted by Gasteiger charge is -2.33. The third-order valence-electron chi connectivity index (χ3n) is 3.29. The van der Waals surface area contributed by atoms with Gasteiger partial charge in [-0.1, -0.05) is 0 Å². The van der Waals surface area contributed by atoms with Gasteiger partial charge < -0.3 is 9.80 Å². The number of aromatic nitrogens is 3. The average molecular weight is 231 g/mol. The van der Waals surface area contributed by atoms with Crippen LogP contribution in [0.5, 0.6) is 0 Å². The maximum Gasteiger partial charge on any atom is 0.154 e. The Kier molecular flexibility index (Phi) is 2.48. The molecule has 0 radical (unpaired) electrons. The molecule has 3 rings (SSSR count). The van der Waals surface area contributed by atoms with Gasteiger partial charge in [0, 0.05) is 38.6 Å². The molecule has 0 atom stereocenters. The van der Waals surface area contributed by atoms with Crippen LogP contribution >= 0.6 is 0 Å². The summed E-state index contributed by atoms with van der Waals surface area (Å²) in [6.07, 6.45) is 3.73. The molecule has 0 spiro atoms. The van der Waals surface area contributed by atoms with Crippen LogP contribution in [0.1, 0.15) is 5.69 Å². The molecule has 0 N–H and O–H groups in total. The zero-order valence-electron chi connectivity index (χ0n) is 10.3. The van der Waals surface area contributed by atoms with Crippen molar-refractivity contribution in [2.45, 2.75) is 6.92 Å². The summed E-state index contributed by atoms with van der Waals surface area (Å²) in [5.41, 5.74) is 2.14. The molecule has 5 heteroatoms. The molecular weight excluding hydrogens is 214 g/mol. The van der Waals surface area contributed by atoms with Crippen molar-refractivity contribution in [3.63, 3.8) is 0 Å². The molecule has 0 amide bonds. The SMILES string of the molecule is Cc1cc2c(N3CCN(C)CC3)nccn2n1. The summed E-state index contributed by atoms with van der Waals surface area (Å²) >= 11 is 0. The molecule has 1 saturated heterocycles. The highest BCUT2D eigenvalue weighted by atomic mass is 15.3. The number of piperazine rings is 1. The van der Waals surface area contributed by atoms with E-state index >= 15 is 0 Å². The molecule has 0 bridgehead atoms. The molecule has 17 heavy (non-hydrogen) atoms. The summed E-state index contributed by atoms with van der Waals surface area (Å²) in [6.45, 7) is 6.27. The Hall–Kier alpha value is -1.62. The van der Waals surface area contributed by atoms with Gasteiger partial charge in [-0.3, -0.25) is 0 Å². The zero-order chi connectivity index (χ0) is 11.8. The monoisotopic (exact) mass is 231 g/mol. The topological polar surface area (TPSA) is 36.7 Å². The molecule has 1 aliphatic rings. The number of anilines is 1. The van der Waals surface area contributed by atoms with E-state index in [0.29, 0.717) is 0 Å². The van der Waals surface area contributed by atoms with Gasteiger partial charge in [-0.25, -0.2) is 9.50 Å². The van der Waals surface area contributed by atoms with E-state index in [1.54, 1.807) is 0 Å². The molecular formula is C12H17N5. The lowest BCUT2D eigenvalue weighted by atomic mass is 10.3. The third-order valence-corrected chi connectivity index (χ3v) is 3.29. The number of nitrogens with zero attached hydrogens (tertiary/aromatic N) is 5. The molecule has 1 fully saturated rings. The number of likely N-dealkylation sites (N-methyl/N-ethyl adjacent to an activating group) is 1. The Bertz CT molecular complexity index is 525. The predicted octanol–water partition coefficient (Wildman–Crippen LogP) is 0.790. The Labute approximate surface area is 101 Å². The van der Waals surface area contributed by atoms with Gasteiger partial charge in [0.1, 0.15) is 5.52 Å². The van der Waals surface area contributed by atoms with E-state index in [4.69, 9.17) is 0 Å². The van der Waals surface area contributed by atoms with E-state index in [0.717, 1.165) is 43.2 Å². The molecule has 1 aliphatic heterocycles. The highest BCUT2D eigenvalue weighted by molar-refractivity contribution is 5.69. The lowest BCUT2D eigenvalue weighted by Crippen LogP contribution is -2.45. The Morgan fingerprint density at radius 3 is 2.71 bits per heavy atom. The van der Waals surface area contributed by atoms with Crippen LogP contribution in [0.2, 0.25) is 0 Å². The van der Waals surface area contributed by atoms with E-state index in [9.17, 15) is 0 Å². The first-order valence-electron chi connectivity index (χ1n) is 5.98. The van der Waals surface area contributed by atoms with Crippen molar-refractivity contribution in [3.05, 3.63) is 24.2 Å². The van der Waals surface area contributed by atoms with Gasteiger partial charge in [0.15, 0.2) is 5.82 Å². The number of hydrogen-bond acceptors (Lipinski definition) is 4. The molecule has 2 aromatic heterocycles. The van der Waals surface area contributed by atoms with Crippen LogP contribution in [0.3, 0.4) is 0 Å². The summed E-state index contributed by atoms with van der Waals surface area (Å²) < 4.78 is 1.91. The van der Waals surface area contributed by atoms with Crippen molar-refractivity contribution in [1.29, 1.82) is 0 Å². The summed E-state index contributed by atoms with van der Waals surface area (Å²) in [7, 11) is 2.16. The van der Waals surface area contributed by atoms with E-state index < -0.39 is 0 Å².